The Balaban J connectivity index is 1.76. The van der Waals surface area contributed by atoms with Crippen molar-refractivity contribution in [1.29, 1.82) is 0 Å². The van der Waals surface area contributed by atoms with Crippen molar-refractivity contribution in [2.24, 2.45) is 0 Å². The topological polar surface area (TPSA) is 84.5 Å². The van der Waals surface area contributed by atoms with Gasteiger partial charge in [-0.25, -0.2) is 0 Å². The summed E-state index contributed by atoms with van der Waals surface area (Å²) in [4.78, 5) is 34.8. The first-order chi connectivity index (χ1) is 12.8. The summed E-state index contributed by atoms with van der Waals surface area (Å²) in [6.45, 7) is 2.91. The summed E-state index contributed by atoms with van der Waals surface area (Å²) in [6, 6.07) is 13.7. The lowest BCUT2D eigenvalue weighted by molar-refractivity contribution is -0.148. The molecule has 0 aromatic heterocycles. The highest BCUT2D eigenvalue weighted by atomic mass is 35.5. The summed E-state index contributed by atoms with van der Waals surface area (Å²) in [5, 5.41) is 6.03. The van der Waals surface area contributed by atoms with Crippen LogP contribution in [0.2, 0.25) is 5.02 Å². The number of rotatable bonds is 7. The molecule has 2 aromatic carbocycles. The zero-order chi connectivity index (χ0) is 19.8. The summed E-state index contributed by atoms with van der Waals surface area (Å²) in [5.74, 6) is -1.05. The van der Waals surface area contributed by atoms with E-state index < -0.39 is 5.97 Å². The number of amides is 2. The molecule has 1 atom stereocenters. The lowest BCUT2D eigenvalue weighted by Gasteiger charge is -2.14. The van der Waals surface area contributed by atoms with E-state index in [9.17, 15) is 14.4 Å². The number of carbonyl (C=O) groups excluding carboxylic acids is 3. The molecule has 0 spiro atoms. The quantitative estimate of drug-likeness (QED) is 0.713. The van der Waals surface area contributed by atoms with E-state index in [2.05, 4.69) is 10.6 Å². The lowest BCUT2D eigenvalue weighted by Crippen LogP contribution is -2.31. The maximum absolute atomic E-state index is 11.9. The number of hydrogen-bond donors (Lipinski definition) is 2. The third-order valence-electron chi connectivity index (χ3n) is 3.73. The zero-order valence-corrected chi connectivity index (χ0v) is 15.9. The van der Waals surface area contributed by atoms with Gasteiger partial charge in [0.2, 0.25) is 5.91 Å². The van der Waals surface area contributed by atoms with E-state index in [-0.39, 0.29) is 30.9 Å². The fraction of sp³-hybridized carbons (Fsp3) is 0.250. The molecule has 0 bridgehead atoms. The zero-order valence-electron chi connectivity index (χ0n) is 15.1. The Morgan fingerprint density at radius 1 is 1.04 bits per heavy atom. The smallest absolute Gasteiger partial charge is 0.310 e. The van der Waals surface area contributed by atoms with Crippen LogP contribution in [-0.4, -0.2) is 24.4 Å². The number of esters is 1. The highest BCUT2D eigenvalue weighted by Crippen LogP contribution is 2.16. The minimum Gasteiger partial charge on any atom is -0.455 e. The van der Waals surface area contributed by atoms with E-state index in [4.69, 9.17) is 16.3 Å². The number of carbonyl (C=O) groups is 3. The molecule has 2 N–H and O–H groups in total. The molecule has 0 fully saturated rings. The number of anilines is 1. The number of hydrogen-bond acceptors (Lipinski definition) is 4. The van der Waals surface area contributed by atoms with Gasteiger partial charge in [0.05, 0.1) is 12.5 Å². The van der Waals surface area contributed by atoms with Crippen LogP contribution in [0.1, 0.15) is 31.0 Å². The van der Waals surface area contributed by atoms with Crippen molar-refractivity contribution in [2.45, 2.75) is 26.3 Å². The molecule has 0 saturated carbocycles. The van der Waals surface area contributed by atoms with E-state index in [0.717, 1.165) is 11.1 Å². The molecule has 0 unspecified atom stereocenters. The van der Waals surface area contributed by atoms with Gasteiger partial charge in [-0.2, -0.15) is 0 Å². The van der Waals surface area contributed by atoms with Crippen LogP contribution in [0.4, 0.5) is 5.69 Å². The maximum Gasteiger partial charge on any atom is 0.310 e. The van der Waals surface area contributed by atoms with Crippen molar-refractivity contribution < 1.29 is 19.1 Å². The van der Waals surface area contributed by atoms with Crippen LogP contribution < -0.4 is 10.6 Å². The van der Waals surface area contributed by atoms with Gasteiger partial charge in [0.1, 0.15) is 0 Å². The van der Waals surface area contributed by atoms with E-state index in [1.165, 1.54) is 6.92 Å². The number of benzene rings is 2. The first kappa shape index (κ1) is 20.5. The number of nitrogens with one attached hydrogen (secondary N) is 2. The van der Waals surface area contributed by atoms with Gasteiger partial charge in [-0.3, -0.25) is 14.4 Å². The first-order valence-corrected chi connectivity index (χ1v) is 8.78. The van der Waals surface area contributed by atoms with Crippen LogP contribution in [-0.2, 0) is 25.5 Å². The van der Waals surface area contributed by atoms with Gasteiger partial charge >= 0.3 is 5.97 Å². The lowest BCUT2D eigenvalue weighted by atomic mass is 10.1. The predicted octanol–water partition coefficient (Wildman–Crippen LogP) is 3.26. The van der Waals surface area contributed by atoms with Crippen LogP contribution in [0.3, 0.4) is 0 Å². The second kappa shape index (κ2) is 9.73. The monoisotopic (exact) mass is 388 g/mol. The molecule has 142 valence electrons. The fourth-order valence-corrected chi connectivity index (χ4v) is 2.52. The Bertz CT molecular complexity index is 804. The molecule has 0 saturated heterocycles. The standard InChI is InChI=1S/C20H21ClN2O4/c1-13(16-5-7-17(21)8-6-16)22-19(25)12-27-20(26)11-15-3-9-18(10-4-15)23-14(2)24/h3-10,13H,11-12H2,1-2H3,(H,22,25)(H,23,24)/t13-/m1/s1. The molecule has 27 heavy (non-hydrogen) atoms. The van der Waals surface area contributed by atoms with Gasteiger partial charge < -0.3 is 15.4 Å². The molecule has 0 heterocycles. The van der Waals surface area contributed by atoms with Gasteiger partial charge in [-0.15, -0.1) is 0 Å². The van der Waals surface area contributed by atoms with Crippen LogP contribution in [0.15, 0.2) is 48.5 Å². The van der Waals surface area contributed by atoms with E-state index >= 15 is 0 Å². The average molecular weight is 389 g/mol. The average Bonchev–Trinajstić information content (AvgIpc) is 2.62. The Hall–Kier alpha value is -2.86. The normalized spacial score (nSPS) is 11.4. The van der Waals surface area contributed by atoms with Crippen LogP contribution in [0.5, 0.6) is 0 Å². The highest BCUT2D eigenvalue weighted by molar-refractivity contribution is 6.30. The molecular formula is C20H21ClN2O4. The van der Waals surface area contributed by atoms with Crippen molar-refractivity contribution >= 4 is 35.1 Å². The fourth-order valence-electron chi connectivity index (χ4n) is 2.39. The summed E-state index contributed by atoms with van der Waals surface area (Å²) in [5.41, 5.74) is 2.28. The van der Waals surface area contributed by atoms with E-state index in [0.29, 0.717) is 10.7 Å². The van der Waals surface area contributed by atoms with Gasteiger partial charge in [0.25, 0.3) is 5.91 Å². The number of ether oxygens (including phenoxy) is 1. The van der Waals surface area contributed by atoms with Crippen LogP contribution in [0, 0.1) is 0 Å². The Labute approximate surface area is 162 Å². The highest BCUT2D eigenvalue weighted by Gasteiger charge is 2.12. The molecule has 6 nitrogen and oxygen atoms in total. The molecule has 2 aromatic rings. The third kappa shape index (κ3) is 7.11. The number of halogens is 1. The minimum atomic E-state index is -0.503. The molecule has 2 amide bonds. The Kier molecular flexibility index (Phi) is 7.37. The molecule has 0 aliphatic carbocycles. The van der Waals surface area contributed by atoms with Crippen molar-refractivity contribution in [1.82, 2.24) is 5.32 Å². The van der Waals surface area contributed by atoms with E-state index in [1.54, 1.807) is 36.4 Å². The van der Waals surface area contributed by atoms with Crippen molar-refractivity contribution in [3.05, 3.63) is 64.7 Å². The largest absolute Gasteiger partial charge is 0.455 e. The van der Waals surface area contributed by atoms with Crippen molar-refractivity contribution in [2.75, 3.05) is 11.9 Å². The van der Waals surface area contributed by atoms with Crippen LogP contribution >= 0.6 is 11.6 Å². The Morgan fingerprint density at radius 2 is 1.67 bits per heavy atom. The van der Waals surface area contributed by atoms with Gasteiger partial charge in [0, 0.05) is 17.6 Å². The first-order valence-electron chi connectivity index (χ1n) is 8.40. The second-order valence-electron chi connectivity index (χ2n) is 6.06. The van der Waals surface area contributed by atoms with Gasteiger partial charge in [-0.1, -0.05) is 35.9 Å². The van der Waals surface area contributed by atoms with Crippen LogP contribution in [0.25, 0.3) is 0 Å². The van der Waals surface area contributed by atoms with Gasteiger partial charge in [0.15, 0.2) is 6.61 Å². The van der Waals surface area contributed by atoms with Gasteiger partial charge in [-0.05, 0) is 42.3 Å². The summed E-state index contributed by atoms with van der Waals surface area (Å²) < 4.78 is 5.02. The summed E-state index contributed by atoms with van der Waals surface area (Å²) in [7, 11) is 0. The minimum absolute atomic E-state index is 0.0420. The van der Waals surface area contributed by atoms with Crippen molar-refractivity contribution in [3.63, 3.8) is 0 Å². The molecule has 0 aliphatic rings. The second-order valence-corrected chi connectivity index (χ2v) is 6.49. The molecule has 2 rings (SSSR count). The molecule has 0 aliphatic heterocycles. The Morgan fingerprint density at radius 3 is 2.26 bits per heavy atom. The third-order valence-corrected chi connectivity index (χ3v) is 3.99. The molecule has 0 radical (unpaired) electrons. The molecular weight excluding hydrogens is 368 g/mol. The summed E-state index contributed by atoms with van der Waals surface area (Å²) in [6.07, 6.45) is 0.0420. The molecule has 7 heteroatoms. The van der Waals surface area contributed by atoms with Crippen molar-refractivity contribution in [3.8, 4) is 0 Å². The predicted molar refractivity (Wildman–Crippen MR) is 103 cm³/mol. The van der Waals surface area contributed by atoms with E-state index in [1.807, 2.05) is 19.1 Å². The SMILES string of the molecule is CC(=O)Nc1ccc(CC(=O)OCC(=O)N[C@H](C)c2ccc(Cl)cc2)cc1. The maximum atomic E-state index is 11.9. The summed E-state index contributed by atoms with van der Waals surface area (Å²) >= 11 is 5.84.